The highest BCUT2D eigenvalue weighted by atomic mass is 16.5. The van der Waals surface area contributed by atoms with Gasteiger partial charge in [0.25, 0.3) is 0 Å². The van der Waals surface area contributed by atoms with Crippen LogP contribution < -0.4 is 10.1 Å². The average molecular weight is 206 g/mol. The number of rotatable bonds is 5. The van der Waals surface area contributed by atoms with Gasteiger partial charge in [-0.3, -0.25) is 0 Å². The van der Waals surface area contributed by atoms with E-state index < -0.39 is 0 Å². The number of hydrogen-bond acceptors (Lipinski definition) is 3. The van der Waals surface area contributed by atoms with Crippen LogP contribution in [-0.4, -0.2) is 18.1 Å². The van der Waals surface area contributed by atoms with Crippen molar-refractivity contribution < 1.29 is 4.74 Å². The molecule has 0 amide bonds. The maximum absolute atomic E-state index is 5.20. The maximum Gasteiger partial charge on any atom is 0.217 e. The van der Waals surface area contributed by atoms with Crippen molar-refractivity contribution in [3.05, 3.63) is 23.9 Å². The number of aromatic nitrogens is 1. The van der Waals surface area contributed by atoms with Crippen molar-refractivity contribution in [2.45, 2.75) is 32.4 Å². The molecule has 0 saturated heterocycles. The SMILES string of the molecule is COc1ncccc1CNC(C)C1CC1. The van der Waals surface area contributed by atoms with Crippen molar-refractivity contribution in [3.63, 3.8) is 0 Å². The molecule has 1 heterocycles. The van der Waals surface area contributed by atoms with Gasteiger partial charge >= 0.3 is 0 Å². The Morgan fingerprint density at radius 2 is 2.40 bits per heavy atom. The quantitative estimate of drug-likeness (QED) is 0.800. The molecule has 3 heteroatoms. The number of pyridine rings is 1. The minimum absolute atomic E-state index is 0.606. The first-order valence-electron chi connectivity index (χ1n) is 5.52. The zero-order chi connectivity index (χ0) is 10.7. The fraction of sp³-hybridized carbons (Fsp3) is 0.583. The lowest BCUT2D eigenvalue weighted by molar-refractivity contribution is 0.387. The van der Waals surface area contributed by atoms with Crippen LogP contribution in [0.3, 0.4) is 0 Å². The molecule has 0 aliphatic heterocycles. The number of nitrogens with one attached hydrogen (secondary N) is 1. The summed E-state index contributed by atoms with van der Waals surface area (Å²) in [6.07, 6.45) is 4.50. The summed E-state index contributed by atoms with van der Waals surface area (Å²) in [7, 11) is 1.66. The predicted molar refractivity (Wildman–Crippen MR) is 59.8 cm³/mol. The Morgan fingerprint density at radius 1 is 1.60 bits per heavy atom. The van der Waals surface area contributed by atoms with E-state index in [9.17, 15) is 0 Å². The second-order valence-corrected chi connectivity index (χ2v) is 4.18. The van der Waals surface area contributed by atoms with Gasteiger partial charge < -0.3 is 10.1 Å². The first-order chi connectivity index (χ1) is 7.31. The Bertz CT molecular complexity index is 323. The summed E-state index contributed by atoms with van der Waals surface area (Å²) in [6, 6.07) is 4.61. The molecule has 1 aromatic heterocycles. The Hall–Kier alpha value is -1.09. The summed E-state index contributed by atoms with van der Waals surface area (Å²) in [5, 5.41) is 3.52. The molecule has 1 aromatic rings. The van der Waals surface area contributed by atoms with Crippen LogP contribution in [0.1, 0.15) is 25.3 Å². The zero-order valence-electron chi connectivity index (χ0n) is 9.36. The van der Waals surface area contributed by atoms with Gasteiger partial charge in [0.15, 0.2) is 0 Å². The maximum atomic E-state index is 5.20. The summed E-state index contributed by atoms with van der Waals surface area (Å²) < 4.78 is 5.20. The van der Waals surface area contributed by atoms with Gasteiger partial charge in [0.05, 0.1) is 7.11 Å². The van der Waals surface area contributed by atoms with Crippen LogP contribution in [0.5, 0.6) is 5.88 Å². The standard InChI is InChI=1S/C12H18N2O/c1-9(10-5-6-10)14-8-11-4-3-7-13-12(11)15-2/h3-4,7,9-10,14H,5-6,8H2,1-2H3. The second kappa shape index (κ2) is 4.62. The summed E-state index contributed by atoms with van der Waals surface area (Å²) in [4.78, 5) is 4.17. The summed E-state index contributed by atoms with van der Waals surface area (Å²) in [5.74, 6) is 1.61. The van der Waals surface area contributed by atoms with E-state index in [4.69, 9.17) is 4.74 Å². The van der Waals surface area contributed by atoms with Crippen molar-refractivity contribution in [1.82, 2.24) is 10.3 Å². The first-order valence-corrected chi connectivity index (χ1v) is 5.52. The lowest BCUT2D eigenvalue weighted by Crippen LogP contribution is -2.27. The molecule has 3 nitrogen and oxygen atoms in total. The van der Waals surface area contributed by atoms with Crippen LogP contribution in [0.4, 0.5) is 0 Å². The number of ether oxygens (including phenoxy) is 1. The fourth-order valence-corrected chi connectivity index (χ4v) is 1.78. The van der Waals surface area contributed by atoms with Gasteiger partial charge in [-0.1, -0.05) is 6.07 Å². The van der Waals surface area contributed by atoms with Crippen LogP contribution in [0.2, 0.25) is 0 Å². The molecule has 0 bridgehead atoms. The molecular formula is C12H18N2O. The molecule has 0 aromatic carbocycles. The molecule has 82 valence electrons. The van der Waals surface area contributed by atoms with E-state index in [0.717, 1.165) is 23.9 Å². The Labute approximate surface area is 90.9 Å². The highest BCUT2D eigenvalue weighted by Gasteiger charge is 2.27. The van der Waals surface area contributed by atoms with Crippen molar-refractivity contribution in [2.75, 3.05) is 7.11 Å². The number of nitrogens with zero attached hydrogens (tertiary/aromatic N) is 1. The van der Waals surface area contributed by atoms with Crippen LogP contribution >= 0.6 is 0 Å². The Morgan fingerprint density at radius 3 is 3.07 bits per heavy atom. The van der Waals surface area contributed by atoms with Crippen molar-refractivity contribution in [1.29, 1.82) is 0 Å². The van der Waals surface area contributed by atoms with Gasteiger partial charge in [-0.15, -0.1) is 0 Å². The summed E-state index contributed by atoms with van der Waals surface area (Å²) >= 11 is 0. The molecule has 1 aliphatic carbocycles. The van der Waals surface area contributed by atoms with Crippen LogP contribution in [0, 0.1) is 5.92 Å². The van der Waals surface area contributed by atoms with Gasteiger partial charge in [-0.05, 0) is 31.7 Å². The Kier molecular flexibility index (Phi) is 3.21. The minimum atomic E-state index is 0.606. The van der Waals surface area contributed by atoms with Crippen LogP contribution in [0.25, 0.3) is 0 Å². The van der Waals surface area contributed by atoms with E-state index in [-0.39, 0.29) is 0 Å². The molecule has 0 radical (unpaired) electrons. The lowest BCUT2D eigenvalue weighted by Gasteiger charge is -2.13. The topological polar surface area (TPSA) is 34.1 Å². The zero-order valence-corrected chi connectivity index (χ0v) is 9.36. The molecule has 1 aliphatic rings. The molecular weight excluding hydrogens is 188 g/mol. The monoisotopic (exact) mass is 206 g/mol. The van der Waals surface area contributed by atoms with Gasteiger partial charge in [-0.25, -0.2) is 4.98 Å². The third-order valence-electron chi connectivity index (χ3n) is 2.99. The van der Waals surface area contributed by atoms with E-state index in [0.29, 0.717) is 6.04 Å². The van der Waals surface area contributed by atoms with Crippen LogP contribution in [-0.2, 0) is 6.54 Å². The van der Waals surface area contributed by atoms with E-state index in [1.807, 2.05) is 6.07 Å². The highest BCUT2D eigenvalue weighted by molar-refractivity contribution is 5.25. The summed E-state index contributed by atoms with van der Waals surface area (Å²) in [5.41, 5.74) is 1.13. The predicted octanol–water partition coefficient (Wildman–Crippen LogP) is 1.98. The fourth-order valence-electron chi connectivity index (χ4n) is 1.78. The van der Waals surface area contributed by atoms with Crippen molar-refractivity contribution in [3.8, 4) is 5.88 Å². The minimum Gasteiger partial charge on any atom is -0.481 e. The van der Waals surface area contributed by atoms with E-state index in [1.165, 1.54) is 12.8 Å². The largest absolute Gasteiger partial charge is 0.481 e. The molecule has 1 N–H and O–H groups in total. The average Bonchev–Trinajstić information content (AvgIpc) is 3.10. The van der Waals surface area contributed by atoms with Gasteiger partial charge in [0.2, 0.25) is 5.88 Å². The first kappa shape index (κ1) is 10.4. The third kappa shape index (κ3) is 2.69. The lowest BCUT2D eigenvalue weighted by atomic mass is 10.2. The van der Waals surface area contributed by atoms with Gasteiger partial charge in [0.1, 0.15) is 0 Å². The summed E-state index contributed by atoms with van der Waals surface area (Å²) in [6.45, 7) is 3.09. The third-order valence-corrected chi connectivity index (χ3v) is 2.99. The van der Waals surface area contributed by atoms with E-state index >= 15 is 0 Å². The smallest absolute Gasteiger partial charge is 0.217 e. The van der Waals surface area contributed by atoms with E-state index in [2.05, 4.69) is 23.3 Å². The molecule has 1 unspecified atom stereocenters. The molecule has 1 fully saturated rings. The van der Waals surface area contributed by atoms with Gasteiger partial charge in [-0.2, -0.15) is 0 Å². The van der Waals surface area contributed by atoms with E-state index in [1.54, 1.807) is 13.3 Å². The number of hydrogen-bond donors (Lipinski definition) is 1. The number of methoxy groups -OCH3 is 1. The normalized spacial score (nSPS) is 17.5. The van der Waals surface area contributed by atoms with Gasteiger partial charge in [0, 0.05) is 24.3 Å². The Balaban J connectivity index is 1.91. The molecule has 15 heavy (non-hydrogen) atoms. The van der Waals surface area contributed by atoms with Crippen molar-refractivity contribution >= 4 is 0 Å². The highest BCUT2D eigenvalue weighted by Crippen LogP contribution is 2.32. The molecule has 1 atom stereocenters. The molecule has 0 spiro atoms. The second-order valence-electron chi connectivity index (χ2n) is 4.18. The van der Waals surface area contributed by atoms with Crippen molar-refractivity contribution in [2.24, 2.45) is 5.92 Å². The molecule has 1 saturated carbocycles. The molecule has 2 rings (SSSR count). The van der Waals surface area contributed by atoms with Crippen LogP contribution in [0.15, 0.2) is 18.3 Å².